The largest absolute Gasteiger partial charge is 0.394 e. The molecule has 0 unspecified atom stereocenters. The average molecular weight is 503 g/mol. The number of methoxy groups -OCH3 is 1. The van der Waals surface area contributed by atoms with E-state index in [2.05, 4.69) is 40.2 Å². The van der Waals surface area contributed by atoms with Gasteiger partial charge in [0.2, 0.25) is 0 Å². The zero-order chi connectivity index (χ0) is 21.9. The summed E-state index contributed by atoms with van der Waals surface area (Å²) in [6.07, 6.45) is 11.6. The fraction of sp³-hybridized carbons (Fsp3) is 0.652. The molecule has 7 heteroatoms. The summed E-state index contributed by atoms with van der Waals surface area (Å²) >= 11 is 5.22. The van der Waals surface area contributed by atoms with E-state index in [9.17, 15) is 15.3 Å². The SMILES string of the molecule is CO[C@H](/C=C/[C@@H]1[C@@H](C/C=C\CCC[C@@H](O)CO)[C@@H](O)C[C@H]1O)CCc1ccc(Br)s1. The van der Waals surface area contributed by atoms with Gasteiger partial charge in [-0.15, -0.1) is 11.3 Å². The number of halogens is 1. The minimum Gasteiger partial charge on any atom is -0.394 e. The summed E-state index contributed by atoms with van der Waals surface area (Å²) in [7, 11) is 1.70. The van der Waals surface area contributed by atoms with Crippen LogP contribution in [0.5, 0.6) is 0 Å². The van der Waals surface area contributed by atoms with Crippen molar-refractivity contribution in [1.82, 2.24) is 0 Å². The number of aliphatic hydroxyl groups is 4. The quantitative estimate of drug-likeness (QED) is 0.243. The van der Waals surface area contributed by atoms with Crippen LogP contribution in [0.2, 0.25) is 0 Å². The van der Waals surface area contributed by atoms with E-state index in [0.717, 1.165) is 29.5 Å². The molecule has 4 N–H and O–H groups in total. The molecular formula is C23H35BrO5S. The van der Waals surface area contributed by atoms with Gasteiger partial charge in [0, 0.05) is 24.3 Å². The first-order valence-corrected chi connectivity index (χ1v) is 12.3. The van der Waals surface area contributed by atoms with Crippen molar-refractivity contribution in [3.05, 3.63) is 45.1 Å². The lowest BCUT2D eigenvalue weighted by Gasteiger charge is -2.20. The highest BCUT2D eigenvalue weighted by Crippen LogP contribution is 2.36. The zero-order valence-electron chi connectivity index (χ0n) is 17.6. The lowest BCUT2D eigenvalue weighted by atomic mass is 9.89. The molecule has 0 bridgehead atoms. The standard InChI is InChI=1S/C23H35BrO5S/c1-29-17(8-10-18-11-13-23(24)30-18)9-12-20-19(21(27)14-22(20)28)7-5-3-2-4-6-16(26)15-25/h3,5,9,11-13,16-17,19-22,25-28H,2,4,6-8,10,14-15H2,1H3/b5-3-,12-9+/t16-,17+,19-,20-,21+,22-/m1/s1. The number of aliphatic hydroxyl groups excluding tert-OH is 4. The number of ether oxygens (including phenoxy) is 1. The van der Waals surface area contributed by atoms with Crippen molar-refractivity contribution in [2.75, 3.05) is 13.7 Å². The van der Waals surface area contributed by atoms with Gasteiger partial charge < -0.3 is 25.2 Å². The first-order valence-electron chi connectivity index (χ1n) is 10.7. The summed E-state index contributed by atoms with van der Waals surface area (Å²) in [4.78, 5) is 1.31. The van der Waals surface area contributed by atoms with Crippen molar-refractivity contribution in [3.63, 3.8) is 0 Å². The van der Waals surface area contributed by atoms with Gasteiger partial charge in [-0.3, -0.25) is 0 Å². The van der Waals surface area contributed by atoms with Crippen LogP contribution in [0.25, 0.3) is 0 Å². The van der Waals surface area contributed by atoms with Crippen molar-refractivity contribution in [2.45, 2.75) is 69.4 Å². The Bertz CT molecular complexity index is 662. The Balaban J connectivity index is 1.84. The van der Waals surface area contributed by atoms with Crippen LogP contribution in [-0.4, -0.2) is 58.6 Å². The first kappa shape index (κ1) is 25.7. The maximum absolute atomic E-state index is 10.4. The topological polar surface area (TPSA) is 90.2 Å². The van der Waals surface area contributed by atoms with Crippen LogP contribution in [-0.2, 0) is 11.2 Å². The highest BCUT2D eigenvalue weighted by Gasteiger charge is 2.39. The fourth-order valence-corrected chi connectivity index (χ4v) is 5.45. The van der Waals surface area contributed by atoms with Gasteiger partial charge >= 0.3 is 0 Å². The van der Waals surface area contributed by atoms with Crippen LogP contribution in [0.4, 0.5) is 0 Å². The maximum Gasteiger partial charge on any atom is 0.0771 e. The number of aryl methyl sites for hydroxylation is 1. The van der Waals surface area contributed by atoms with Crippen molar-refractivity contribution in [2.24, 2.45) is 11.8 Å². The molecule has 1 aromatic rings. The number of hydrogen-bond acceptors (Lipinski definition) is 6. The van der Waals surface area contributed by atoms with Gasteiger partial charge in [0.1, 0.15) is 0 Å². The van der Waals surface area contributed by atoms with Crippen molar-refractivity contribution in [1.29, 1.82) is 0 Å². The number of allylic oxidation sites excluding steroid dienone is 2. The Morgan fingerprint density at radius 3 is 2.70 bits per heavy atom. The average Bonchev–Trinajstić information content (AvgIpc) is 3.26. The monoisotopic (exact) mass is 502 g/mol. The van der Waals surface area contributed by atoms with Gasteiger partial charge in [-0.1, -0.05) is 24.3 Å². The Labute approximate surface area is 192 Å². The number of unbranched alkanes of at least 4 members (excludes halogenated alkanes) is 1. The van der Waals surface area contributed by atoms with Crippen LogP contribution >= 0.6 is 27.3 Å². The molecule has 0 amide bonds. The minimum absolute atomic E-state index is 0.0127. The summed E-state index contributed by atoms with van der Waals surface area (Å²) in [5.74, 6) is -0.101. The molecule has 30 heavy (non-hydrogen) atoms. The van der Waals surface area contributed by atoms with Crippen molar-refractivity contribution >= 4 is 27.3 Å². The first-order chi connectivity index (χ1) is 14.4. The zero-order valence-corrected chi connectivity index (χ0v) is 20.0. The Morgan fingerprint density at radius 2 is 2.03 bits per heavy atom. The molecule has 6 atom stereocenters. The lowest BCUT2D eigenvalue weighted by molar-refractivity contribution is 0.0868. The predicted molar refractivity (Wildman–Crippen MR) is 125 cm³/mol. The molecular weight excluding hydrogens is 468 g/mol. The highest BCUT2D eigenvalue weighted by atomic mass is 79.9. The van der Waals surface area contributed by atoms with Crippen LogP contribution in [0, 0.1) is 11.8 Å². The van der Waals surface area contributed by atoms with Gasteiger partial charge in [0.25, 0.3) is 0 Å². The van der Waals surface area contributed by atoms with E-state index in [1.165, 1.54) is 4.88 Å². The van der Waals surface area contributed by atoms with Crippen LogP contribution < -0.4 is 0 Å². The third-order valence-electron chi connectivity index (χ3n) is 5.76. The van der Waals surface area contributed by atoms with E-state index in [1.54, 1.807) is 18.4 Å². The van der Waals surface area contributed by atoms with E-state index >= 15 is 0 Å². The predicted octanol–water partition coefficient (Wildman–Crippen LogP) is 3.84. The number of hydrogen-bond donors (Lipinski definition) is 4. The summed E-state index contributed by atoms with van der Waals surface area (Å²) in [5, 5.41) is 39.0. The molecule has 1 aliphatic rings. The van der Waals surface area contributed by atoms with Crippen LogP contribution in [0.1, 0.15) is 43.4 Å². The van der Waals surface area contributed by atoms with Gasteiger partial charge in [-0.25, -0.2) is 0 Å². The third-order valence-corrected chi connectivity index (χ3v) is 7.45. The molecule has 2 rings (SSSR count). The molecule has 0 spiro atoms. The maximum atomic E-state index is 10.4. The molecule has 170 valence electrons. The smallest absolute Gasteiger partial charge is 0.0771 e. The van der Waals surface area contributed by atoms with Crippen LogP contribution in [0.3, 0.4) is 0 Å². The molecule has 1 aliphatic carbocycles. The molecule has 0 radical (unpaired) electrons. The molecule has 1 saturated carbocycles. The number of rotatable bonds is 13. The Morgan fingerprint density at radius 1 is 1.23 bits per heavy atom. The van der Waals surface area contributed by atoms with Gasteiger partial charge in [0.15, 0.2) is 0 Å². The second kappa shape index (κ2) is 13.8. The van der Waals surface area contributed by atoms with E-state index < -0.39 is 18.3 Å². The van der Waals surface area contributed by atoms with Gasteiger partial charge in [-0.05, 0) is 72.5 Å². The molecule has 0 aliphatic heterocycles. The van der Waals surface area contributed by atoms with E-state index in [1.807, 2.05) is 12.2 Å². The molecule has 0 aromatic carbocycles. The molecule has 1 aromatic heterocycles. The van der Waals surface area contributed by atoms with Crippen LogP contribution in [0.15, 0.2) is 40.2 Å². The second-order valence-corrected chi connectivity index (χ2v) is 10.5. The summed E-state index contributed by atoms with van der Waals surface area (Å²) < 4.78 is 6.73. The minimum atomic E-state index is -0.644. The van der Waals surface area contributed by atoms with E-state index in [-0.39, 0.29) is 24.5 Å². The lowest BCUT2D eigenvalue weighted by Crippen LogP contribution is -2.20. The van der Waals surface area contributed by atoms with E-state index in [0.29, 0.717) is 19.3 Å². The highest BCUT2D eigenvalue weighted by molar-refractivity contribution is 9.11. The summed E-state index contributed by atoms with van der Waals surface area (Å²) in [6, 6.07) is 4.18. The summed E-state index contributed by atoms with van der Waals surface area (Å²) in [5.41, 5.74) is 0. The molecule has 1 fully saturated rings. The second-order valence-electron chi connectivity index (χ2n) is 7.99. The fourth-order valence-electron chi connectivity index (χ4n) is 3.96. The molecule has 5 nitrogen and oxygen atoms in total. The van der Waals surface area contributed by atoms with Crippen molar-refractivity contribution < 1.29 is 25.2 Å². The summed E-state index contributed by atoms with van der Waals surface area (Å²) in [6.45, 7) is -0.197. The Hall–Kier alpha value is -0.540. The normalized spacial score (nSPS) is 26.7. The number of thiophene rings is 1. The van der Waals surface area contributed by atoms with Crippen molar-refractivity contribution in [3.8, 4) is 0 Å². The van der Waals surface area contributed by atoms with Gasteiger partial charge in [-0.2, -0.15) is 0 Å². The molecule has 1 heterocycles. The molecule has 0 saturated heterocycles. The van der Waals surface area contributed by atoms with E-state index in [4.69, 9.17) is 9.84 Å². The van der Waals surface area contributed by atoms with Gasteiger partial charge in [0.05, 0.1) is 34.8 Å². The third kappa shape index (κ3) is 8.54. The Kier molecular flexibility index (Phi) is 11.8.